The Hall–Kier alpha value is -2.96. The largest absolute Gasteiger partial charge is 0.494 e. The molecule has 0 fully saturated rings. The molecule has 0 aliphatic heterocycles. The summed E-state index contributed by atoms with van der Waals surface area (Å²) in [5.74, 6) is 1.26. The number of carbonyl (C=O) groups excluding carboxylic acids is 3. The quantitative estimate of drug-likeness (QED) is 0.340. The number of ketones is 1. The van der Waals surface area contributed by atoms with Gasteiger partial charge in [0.05, 0.1) is 13.0 Å². The Morgan fingerprint density at radius 1 is 0.943 bits per heavy atom. The van der Waals surface area contributed by atoms with E-state index in [1.165, 1.54) is 6.07 Å². The molecule has 202 valence electrons. The molecular formula is C28H45F3O4. The summed E-state index contributed by atoms with van der Waals surface area (Å²) in [4.78, 5) is 28.4. The summed E-state index contributed by atoms with van der Waals surface area (Å²) in [6.07, 6.45) is -3.47. The van der Waals surface area contributed by atoms with E-state index in [9.17, 15) is 18.0 Å². The molecule has 0 N–H and O–H groups in total. The second-order valence-corrected chi connectivity index (χ2v) is 8.16. The lowest BCUT2D eigenvalue weighted by molar-refractivity contribution is -0.127. The second kappa shape index (κ2) is 17.5. The van der Waals surface area contributed by atoms with Gasteiger partial charge < -0.3 is 14.3 Å². The Kier molecular flexibility index (Phi) is 17.1. The van der Waals surface area contributed by atoms with Gasteiger partial charge in [-0.25, -0.2) is 0 Å². The maximum Gasteiger partial charge on any atom is 0.393 e. The fourth-order valence-corrected chi connectivity index (χ4v) is 3.34. The third-order valence-corrected chi connectivity index (χ3v) is 5.40. The molecule has 2 aromatic carbocycles. The van der Waals surface area contributed by atoms with E-state index in [-0.39, 0.29) is 29.0 Å². The number of alkyl halides is 3. The summed E-state index contributed by atoms with van der Waals surface area (Å²) in [5.41, 5.74) is 3.06. The first kappa shape index (κ1) is 34.2. The van der Waals surface area contributed by atoms with Crippen molar-refractivity contribution in [1.82, 2.24) is 0 Å². The van der Waals surface area contributed by atoms with Crippen LogP contribution in [0.25, 0.3) is 0 Å². The number of carbonyl (C=O) groups is 3. The number of halogens is 3. The average molecular weight is 503 g/mol. The maximum atomic E-state index is 12.6. The van der Waals surface area contributed by atoms with Gasteiger partial charge >= 0.3 is 6.18 Å². The predicted octanol–water partition coefficient (Wildman–Crippen LogP) is 7.38. The van der Waals surface area contributed by atoms with Crippen LogP contribution in [0.2, 0.25) is 0 Å². The zero-order valence-corrected chi connectivity index (χ0v) is 20.4. The lowest BCUT2D eigenvalue weighted by Crippen LogP contribution is -2.18. The van der Waals surface area contributed by atoms with Gasteiger partial charge in [0.15, 0.2) is 0 Å². The smallest absolute Gasteiger partial charge is 0.393 e. The van der Waals surface area contributed by atoms with Gasteiger partial charge in [0, 0.05) is 16.6 Å². The topological polar surface area (TPSA) is 60.4 Å². The molecule has 0 heterocycles. The van der Waals surface area contributed by atoms with Crippen LogP contribution in [0.4, 0.5) is 13.2 Å². The Bertz CT molecular complexity index is 892. The zero-order valence-electron chi connectivity index (χ0n) is 20.4. The normalized spacial score (nSPS) is 11.2. The minimum absolute atomic E-state index is 0. The van der Waals surface area contributed by atoms with Crippen molar-refractivity contribution in [2.45, 2.75) is 67.0 Å². The van der Waals surface area contributed by atoms with Crippen LogP contribution >= 0.6 is 0 Å². The molecule has 2 rings (SSSR count). The van der Waals surface area contributed by atoms with Crippen molar-refractivity contribution in [1.29, 1.82) is 0 Å². The van der Waals surface area contributed by atoms with Crippen molar-refractivity contribution in [2.24, 2.45) is 11.8 Å². The number of aryl methyl sites for hydroxylation is 2. The summed E-state index contributed by atoms with van der Waals surface area (Å²) in [6.45, 7) is 12.5. The molecule has 0 aliphatic carbocycles. The molecule has 0 aromatic heterocycles. The van der Waals surface area contributed by atoms with Gasteiger partial charge in [0.1, 0.15) is 25.1 Å². The van der Waals surface area contributed by atoms with Gasteiger partial charge in [0.2, 0.25) is 0 Å². The third kappa shape index (κ3) is 12.9. The highest BCUT2D eigenvalue weighted by Crippen LogP contribution is 2.25. The first-order chi connectivity index (χ1) is 16.1. The molecule has 0 amide bonds. The molecule has 2 aromatic rings. The van der Waals surface area contributed by atoms with E-state index in [1.807, 2.05) is 65.5 Å². The van der Waals surface area contributed by atoms with E-state index >= 15 is 0 Å². The maximum absolute atomic E-state index is 12.6. The van der Waals surface area contributed by atoms with E-state index in [0.717, 1.165) is 22.4 Å². The number of rotatable bonds is 10. The Labute approximate surface area is 212 Å². The number of hydrogen-bond acceptors (Lipinski definition) is 4. The fraction of sp³-hybridized carbons (Fsp3) is 0.464. The molecule has 0 radical (unpaired) electrons. The molecule has 35 heavy (non-hydrogen) atoms. The third-order valence-electron chi connectivity index (χ3n) is 5.40. The average Bonchev–Trinajstić information content (AvgIpc) is 2.80. The molecule has 7 heteroatoms. The SMILES string of the molecule is C.C=O.C=O.CCOc1cc(CC(=O)[C@@H](C)C(C)C)ccc1CCc1cccc(CC(F)(F)F)c1.[HH].[HH].[HH]. The summed E-state index contributed by atoms with van der Waals surface area (Å²) in [5, 5.41) is 0. The molecule has 0 saturated carbocycles. The van der Waals surface area contributed by atoms with Crippen LogP contribution in [0.15, 0.2) is 42.5 Å². The highest BCUT2D eigenvalue weighted by molar-refractivity contribution is 5.83. The molecule has 0 bridgehead atoms. The Morgan fingerprint density at radius 3 is 2.09 bits per heavy atom. The van der Waals surface area contributed by atoms with Gasteiger partial charge in [-0.05, 0) is 54.0 Å². The van der Waals surface area contributed by atoms with Gasteiger partial charge in [-0.3, -0.25) is 4.79 Å². The minimum Gasteiger partial charge on any atom is -0.494 e. The van der Waals surface area contributed by atoms with Crippen LogP contribution in [0.1, 0.15) is 61.7 Å². The number of Topliss-reactive ketones (excluding diaryl/α,β-unsaturated/α-hetero) is 1. The molecule has 0 spiro atoms. The standard InChI is InChI=1S/C25H31F3O2.2CH2O.CH4.3H2/c1-5-30-24-15-20(14-23(29)18(4)17(2)3)10-12-22(24)11-9-19-7-6-8-21(13-19)16-25(26,27)28;2*1-2;;;;/h6-8,10,12-13,15,17-18H,5,9,11,14,16H2,1-4H3;2*1H2;1H4;3*1H/t18-;;;;;;/m0....../s1. The van der Waals surface area contributed by atoms with E-state index < -0.39 is 12.6 Å². The lowest BCUT2D eigenvalue weighted by atomic mass is 9.90. The van der Waals surface area contributed by atoms with Crippen LogP contribution in [0, 0.1) is 11.8 Å². The van der Waals surface area contributed by atoms with Crippen molar-refractivity contribution < 1.29 is 36.6 Å². The molecular weight excluding hydrogens is 457 g/mol. The summed E-state index contributed by atoms with van der Waals surface area (Å²) >= 11 is 0. The molecule has 4 nitrogen and oxygen atoms in total. The van der Waals surface area contributed by atoms with E-state index in [1.54, 1.807) is 12.1 Å². The Balaban J connectivity index is -0.000000432. The van der Waals surface area contributed by atoms with E-state index in [2.05, 4.69) is 0 Å². The van der Waals surface area contributed by atoms with E-state index in [4.69, 9.17) is 14.3 Å². The van der Waals surface area contributed by atoms with Gasteiger partial charge in [-0.2, -0.15) is 13.2 Å². The van der Waals surface area contributed by atoms with Crippen molar-refractivity contribution in [2.75, 3.05) is 6.61 Å². The monoisotopic (exact) mass is 502 g/mol. The summed E-state index contributed by atoms with van der Waals surface area (Å²) in [7, 11) is 0. The highest BCUT2D eigenvalue weighted by atomic mass is 19.4. The highest BCUT2D eigenvalue weighted by Gasteiger charge is 2.27. The summed E-state index contributed by atoms with van der Waals surface area (Å²) in [6, 6.07) is 12.5. The van der Waals surface area contributed by atoms with Gasteiger partial charge in [-0.1, -0.05) is 64.6 Å². The molecule has 0 aliphatic rings. The van der Waals surface area contributed by atoms with E-state index in [0.29, 0.717) is 31.8 Å². The minimum atomic E-state index is -4.21. The van der Waals surface area contributed by atoms with Gasteiger partial charge in [0.25, 0.3) is 0 Å². The zero-order chi connectivity index (χ0) is 26.3. The van der Waals surface area contributed by atoms with Crippen molar-refractivity contribution in [3.05, 3.63) is 64.7 Å². The van der Waals surface area contributed by atoms with Crippen LogP contribution in [-0.4, -0.2) is 32.1 Å². The van der Waals surface area contributed by atoms with Crippen LogP contribution < -0.4 is 4.74 Å². The Morgan fingerprint density at radius 2 is 1.54 bits per heavy atom. The van der Waals surface area contributed by atoms with Crippen LogP contribution in [0.5, 0.6) is 5.75 Å². The molecule has 0 unspecified atom stereocenters. The molecule has 0 saturated heterocycles. The first-order valence-electron chi connectivity index (χ1n) is 11.1. The predicted molar refractivity (Wildman–Crippen MR) is 141 cm³/mol. The number of ether oxygens (including phenoxy) is 1. The molecule has 1 atom stereocenters. The van der Waals surface area contributed by atoms with Crippen LogP contribution in [-0.2, 0) is 40.1 Å². The lowest BCUT2D eigenvalue weighted by Gasteiger charge is -2.16. The number of hydrogen-bond donors (Lipinski definition) is 0. The fourth-order valence-electron chi connectivity index (χ4n) is 3.34. The van der Waals surface area contributed by atoms with Crippen molar-refractivity contribution in [3.8, 4) is 5.75 Å². The van der Waals surface area contributed by atoms with Crippen LogP contribution in [0.3, 0.4) is 0 Å². The van der Waals surface area contributed by atoms with Crippen molar-refractivity contribution >= 4 is 19.4 Å². The van der Waals surface area contributed by atoms with Gasteiger partial charge in [-0.15, -0.1) is 0 Å². The number of benzene rings is 2. The summed E-state index contributed by atoms with van der Waals surface area (Å²) < 4.78 is 43.7. The first-order valence-corrected chi connectivity index (χ1v) is 11.1. The second-order valence-electron chi connectivity index (χ2n) is 8.16. The van der Waals surface area contributed by atoms with Crippen molar-refractivity contribution in [3.63, 3.8) is 0 Å².